The van der Waals surface area contributed by atoms with Crippen LogP contribution in [0.3, 0.4) is 0 Å². The number of aliphatic hydroxyl groups is 1. The molecule has 0 aromatic heterocycles. The van der Waals surface area contributed by atoms with Gasteiger partial charge in [-0.05, 0) is 55.3 Å². The summed E-state index contributed by atoms with van der Waals surface area (Å²) in [7, 11) is -2.28. The Hall–Kier alpha value is -2.82. The van der Waals surface area contributed by atoms with Crippen molar-refractivity contribution in [1.29, 1.82) is 0 Å². The summed E-state index contributed by atoms with van der Waals surface area (Å²) < 4.78 is 45.4. The zero-order valence-electron chi connectivity index (χ0n) is 19.2. The van der Waals surface area contributed by atoms with Crippen molar-refractivity contribution in [2.45, 2.75) is 55.3 Å². The Morgan fingerprint density at radius 3 is 2.65 bits per heavy atom. The summed E-state index contributed by atoms with van der Waals surface area (Å²) in [6.45, 7) is 2.35. The number of carbonyl (C=O) groups excluding carboxylic acids is 1. The van der Waals surface area contributed by atoms with Crippen molar-refractivity contribution in [3.05, 3.63) is 48.0 Å². The minimum atomic E-state index is -3.80. The Labute approximate surface area is 199 Å². The van der Waals surface area contributed by atoms with Crippen LogP contribution in [0.2, 0.25) is 0 Å². The summed E-state index contributed by atoms with van der Waals surface area (Å²) in [5, 5.41) is 12.7. The van der Waals surface area contributed by atoms with Crippen molar-refractivity contribution < 1.29 is 32.5 Å². The van der Waals surface area contributed by atoms with Gasteiger partial charge in [0.15, 0.2) is 0 Å². The van der Waals surface area contributed by atoms with E-state index in [-0.39, 0.29) is 35.9 Å². The second-order valence-electron chi connectivity index (χ2n) is 8.49. The highest BCUT2D eigenvalue weighted by Crippen LogP contribution is 2.47. The van der Waals surface area contributed by atoms with Gasteiger partial charge in [-0.15, -0.1) is 0 Å². The molecule has 0 unspecified atom stereocenters. The molecule has 3 N–H and O–H groups in total. The molecule has 1 fully saturated rings. The molecule has 2 heterocycles. The van der Waals surface area contributed by atoms with Crippen LogP contribution in [-0.4, -0.2) is 58.0 Å². The molecule has 1 amide bonds. The molecule has 2 aliphatic heterocycles. The molecule has 9 nitrogen and oxygen atoms in total. The largest absolute Gasteiger partial charge is 0.497 e. The van der Waals surface area contributed by atoms with Crippen LogP contribution in [0.1, 0.15) is 37.7 Å². The Morgan fingerprint density at radius 2 is 1.97 bits per heavy atom. The monoisotopic (exact) mass is 490 g/mol. The SMILES string of the molecule is CCCNC(=O)C[C@H]1C[C@H]2c3cc(NS(=O)(=O)c4ccc(OC)cc4)ccc3O[C@H]2[C@H](CO)O1. The summed E-state index contributed by atoms with van der Waals surface area (Å²) in [6, 6.07) is 11.2. The number of anilines is 1. The third-order valence-corrected chi connectivity index (χ3v) is 7.50. The Balaban J connectivity index is 1.53. The Bertz CT molecular complexity index is 1120. The first kappa shape index (κ1) is 24.3. The van der Waals surface area contributed by atoms with Gasteiger partial charge in [0.25, 0.3) is 10.0 Å². The number of hydrogen-bond donors (Lipinski definition) is 3. The molecule has 0 saturated carbocycles. The van der Waals surface area contributed by atoms with Gasteiger partial charge in [0, 0.05) is 23.7 Å². The first-order chi connectivity index (χ1) is 16.3. The number of nitrogens with one attached hydrogen (secondary N) is 2. The molecular weight excluding hydrogens is 460 g/mol. The van der Waals surface area contributed by atoms with E-state index in [2.05, 4.69) is 10.0 Å². The van der Waals surface area contributed by atoms with Crippen LogP contribution in [0.4, 0.5) is 5.69 Å². The van der Waals surface area contributed by atoms with Gasteiger partial charge < -0.3 is 24.6 Å². The van der Waals surface area contributed by atoms with Gasteiger partial charge in [0.05, 0.1) is 31.1 Å². The third-order valence-electron chi connectivity index (χ3n) is 6.11. The standard InChI is InChI=1S/C24H30N2O7S/c1-3-10-25-23(28)13-17-12-20-19-11-15(4-9-21(19)33-24(20)22(14-27)32-17)26-34(29,30)18-7-5-16(31-2)6-8-18/h4-9,11,17,20,22,24,26-27H,3,10,12-14H2,1-2H3,(H,25,28)/t17-,20+,22+,24-/m1/s1. The normalized spacial score (nSPS) is 23.4. The second kappa shape index (κ2) is 10.2. The van der Waals surface area contributed by atoms with Crippen molar-refractivity contribution in [1.82, 2.24) is 5.32 Å². The van der Waals surface area contributed by atoms with E-state index in [0.29, 0.717) is 30.2 Å². The van der Waals surface area contributed by atoms with Gasteiger partial charge in [-0.3, -0.25) is 9.52 Å². The number of fused-ring (bicyclic) bond motifs is 3. The fourth-order valence-electron chi connectivity index (χ4n) is 4.46. The first-order valence-corrected chi connectivity index (χ1v) is 12.8. The maximum Gasteiger partial charge on any atom is 0.261 e. The number of aliphatic hydroxyl groups excluding tert-OH is 1. The van der Waals surface area contributed by atoms with E-state index >= 15 is 0 Å². The number of sulfonamides is 1. The average Bonchev–Trinajstić information content (AvgIpc) is 3.20. The van der Waals surface area contributed by atoms with Gasteiger partial charge in [-0.2, -0.15) is 0 Å². The van der Waals surface area contributed by atoms with Gasteiger partial charge in [-0.1, -0.05) is 6.92 Å². The van der Waals surface area contributed by atoms with E-state index in [0.717, 1.165) is 12.0 Å². The van der Waals surface area contributed by atoms with E-state index in [1.807, 2.05) is 6.92 Å². The lowest BCUT2D eigenvalue weighted by Crippen LogP contribution is -2.47. The molecule has 4 rings (SSSR count). The molecular formula is C24H30N2O7S. The summed E-state index contributed by atoms with van der Waals surface area (Å²) >= 11 is 0. The van der Waals surface area contributed by atoms with Crippen molar-refractivity contribution in [3.8, 4) is 11.5 Å². The molecule has 2 aromatic rings. The maximum absolute atomic E-state index is 12.9. The highest BCUT2D eigenvalue weighted by Gasteiger charge is 2.46. The quantitative estimate of drug-likeness (QED) is 0.493. The third kappa shape index (κ3) is 5.13. The zero-order valence-corrected chi connectivity index (χ0v) is 20.0. The first-order valence-electron chi connectivity index (χ1n) is 11.3. The molecule has 1 saturated heterocycles. The average molecular weight is 491 g/mol. The fourth-order valence-corrected chi connectivity index (χ4v) is 5.51. The van der Waals surface area contributed by atoms with Crippen LogP contribution in [0.25, 0.3) is 0 Å². The lowest BCUT2D eigenvalue weighted by Gasteiger charge is -2.37. The van der Waals surface area contributed by atoms with E-state index in [1.165, 1.54) is 19.2 Å². The number of benzene rings is 2. The Kier molecular flexibility index (Phi) is 7.30. The molecule has 0 aliphatic carbocycles. The van der Waals surface area contributed by atoms with E-state index < -0.39 is 22.2 Å². The van der Waals surface area contributed by atoms with Crippen LogP contribution in [0.15, 0.2) is 47.4 Å². The van der Waals surface area contributed by atoms with E-state index in [4.69, 9.17) is 14.2 Å². The minimum Gasteiger partial charge on any atom is -0.497 e. The smallest absolute Gasteiger partial charge is 0.261 e. The molecule has 4 atom stereocenters. The zero-order chi connectivity index (χ0) is 24.3. The molecule has 2 aliphatic rings. The lowest BCUT2D eigenvalue weighted by molar-refractivity contribution is -0.142. The summed E-state index contributed by atoms with van der Waals surface area (Å²) in [4.78, 5) is 12.3. The van der Waals surface area contributed by atoms with Crippen molar-refractivity contribution in [2.24, 2.45) is 0 Å². The van der Waals surface area contributed by atoms with Crippen LogP contribution < -0.4 is 19.5 Å². The summed E-state index contributed by atoms with van der Waals surface area (Å²) in [5.41, 5.74) is 1.24. The fraction of sp³-hybridized carbons (Fsp3) is 0.458. The molecule has 2 aromatic carbocycles. The summed E-state index contributed by atoms with van der Waals surface area (Å²) in [5.74, 6) is 0.966. The topological polar surface area (TPSA) is 123 Å². The number of ether oxygens (including phenoxy) is 3. The number of amides is 1. The molecule has 34 heavy (non-hydrogen) atoms. The maximum atomic E-state index is 12.9. The highest BCUT2D eigenvalue weighted by molar-refractivity contribution is 7.92. The molecule has 10 heteroatoms. The number of rotatable bonds is 9. The molecule has 0 radical (unpaired) electrons. The molecule has 0 spiro atoms. The van der Waals surface area contributed by atoms with Gasteiger partial charge >= 0.3 is 0 Å². The van der Waals surface area contributed by atoms with Crippen molar-refractivity contribution in [2.75, 3.05) is 25.0 Å². The lowest BCUT2D eigenvalue weighted by atomic mass is 9.84. The van der Waals surface area contributed by atoms with Crippen LogP contribution in [0, 0.1) is 0 Å². The predicted octanol–water partition coefficient (Wildman–Crippen LogP) is 2.41. The minimum absolute atomic E-state index is 0.0952. The van der Waals surface area contributed by atoms with Gasteiger partial charge in [0.2, 0.25) is 5.91 Å². The molecule has 0 bridgehead atoms. The number of carbonyl (C=O) groups is 1. The van der Waals surface area contributed by atoms with Crippen LogP contribution in [0.5, 0.6) is 11.5 Å². The van der Waals surface area contributed by atoms with Crippen LogP contribution >= 0.6 is 0 Å². The summed E-state index contributed by atoms with van der Waals surface area (Å²) in [6.07, 6.45) is 0.223. The van der Waals surface area contributed by atoms with Gasteiger partial charge in [-0.25, -0.2) is 8.42 Å². The number of hydrogen-bond acceptors (Lipinski definition) is 7. The van der Waals surface area contributed by atoms with E-state index in [1.54, 1.807) is 30.3 Å². The predicted molar refractivity (Wildman–Crippen MR) is 126 cm³/mol. The second-order valence-corrected chi connectivity index (χ2v) is 10.2. The van der Waals surface area contributed by atoms with Crippen molar-refractivity contribution >= 4 is 21.6 Å². The molecule has 184 valence electrons. The number of methoxy groups -OCH3 is 1. The van der Waals surface area contributed by atoms with Crippen molar-refractivity contribution in [3.63, 3.8) is 0 Å². The Morgan fingerprint density at radius 1 is 1.21 bits per heavy atom. The highest BCUT2D eigenvalue weighted by atomic mass is 32.2. The van der Waals surface area contributed by atoms with Crippen LogP contribution in [-0.2, 0) is 19.6 Å². The van der Waals surface area contributed by atoms with E-state index in [9.17, 15) is 18.3 Å². The van der Waals surface area contributed by atoms with Gasteiger partial charge in [0.1, 0.15) is 23.7 Å².